The highest BCUT2D eigenvalue weighted by atomic mass is 35.5. The van der Waals surface area contributed by atoms with Crippen LogP contribution in [0.3, 0.4) is 0 Å². The van der Waals surface area contributed by atoms with E-state index in [0.29, 0.717) is 15.6 Å². The lowest BCUT2D eigenvalue weighted by atomic mass is 10.2. The van der Waals surface area contributed by atoms with E-state index in [1.54, 1.807) is 13.0 Å². The molecule has 3 rings (SSSR count). The van der Waals surface area contributed by atoms with Crippen molar-refractivity contribution in [2.24, 2.45) is 0 Å². The summed E-state index contributed by atoms with van der Waals surface area (Å²) in [5.41, 5.74) is -0.215. The van der Waals surface area contributed by atoms with Crippen LogP contribution in [0, 0.1) is 6.92 Å². The Balaban J connectivity index is 1.82. The molecule has 1 N–H and O–H groups in total. The summed E-state index contributed by atoms with van der Waals surface area (Å²) in [6, 6.07) is 3.18. The minimum absolute atomic E-state index is 0.0667. The number of carbonyl (C=O) groups excluding carboxylic acids is 1. The number of hydrogen-bond acceptors (Lipinski definition) is 8. The SMILES string of the molecule is COc1c(C)cc(C(=O)Nc2nnc(-c3sccc3Cl)s2)oc1=O. The number of aromatic nitrogens is 2. The van der Waals surface area contributed by atoms with Gasteiger partial charge in [0.2, 0.25) is 10.9 Å². The number of rotatable bonds is 4. The first-order valence-corrected chi connectivity index (χ1v) is 8.64. The van der Waals surface area contributed by atoms with E-state index in [1.807, 2.05) is 5.38 Å². The third kappa shape index (κ3) is 3.18. The first-order chi connectivity index (χ1) is 11.5. The molecule has 0 bridgehead atoms. The van der Waals surface area contributed by atoms with Crippen LogP contribution < -0.4 is 15.7 Å². The molecule has 124 valence electrons. The summed E-state index contributed by atoms with van der Waals surface area (Å²) in [5, 5.41) is 13.7. The van der Waals surface area contributed by atoms with Crippen LogP contribution in [0.15, 0.2) is 26.7 Å². The third-order valence-corrected chi connectivity index (χ3v) is 5.31. The van der Waals surface area contributed by atoms with Crippen LogP contribution in [0.4, 0.5) is 5.13 Å². The van der Waals surface area contributed by atoms with Crippen LogP contribution in [0.25, 0.3) is 9.88 Å². The van der Waals surface area contributed by atoms with Gasteiger partial charge in [-0.1, -0.05) is 22.9 Å². The lowest BCUT2D eigenvalue weighted by molar-refractivity contribution is 0.0991. The van der Waals surface area contributed by atoms with Crippen molar-refractivity contribution in [2.45, 2.75) is 6.92 Å². The highest BCUT2D eigenvalue weighted by Gasteiger charge is 2.18. The third-order valence-electron chi connectivity index (χ3n) is 2.98. The van der Waals surface area contributed by atoms with E-state index in [0.717, 1.165) is 4.88 Å². The van der Waals surface area contributed by atoms with E-state index >= 15 is 0 Å². The Morgan fingerprint density at radius 1 is 1.42 bits per heavy atom. The molecule has 24 heavy (non-hydrogen) atoms. The zero-order valence-electron chi connectivity index (χ0n) is 12.5. The van der Waals surface area contributed by atoms with E-state index in [4.69, 9.17) is 20.8 Å². The van der Waals surface area contributed by atoms with E-state index < -0.39 is 11.5 Å². The molecule has 0 spiro atoms. The van der Waals surface area contributed by atoms with Crippen LogP contribution >= 0.6 is 34.3 Å². The smallest absolute Gasteiger partial charge is 0.379 e. The van der Waals surface area contributed by atoms with Crippen LogP contribution in [-0.2, 0) is 0 Å². The van der Waals surface area contributed by atoms with Crippen LogP contribution in [0.5, 0.6) is 5.75 Å². The second kappa shape index (κ2) is 6.71. The molecule has 0 fully saturated rings. The van der Waals surface area contributed by atoms with Crippen molar-refractivity contribution in [3.8, 4) is 15.6 Å². The molecule has 3 aromatic heterocycles. The molecule has 0 saturated heterocycles. The number of thiophene rings is 1. The van der Waals surface area contributed by atoms with Crippen LogP contribution in [0.1, 0.15) is 16.1 Å². The highest BCUT2D eigenvalue weighted by Crippen LogP contribution is 2.36. The van der Waals surface area contributed by atoms with Gasteiger partial charge >= 0.3 is 5.63 Å². The number of carbonyl (C=O) groups is 1. The summed E-state index contributed by atoms with van der Waals surface area (Å²) in [4.78, 5) is 24.7. The molecule has 0 unspecified atom stereocenters. The molecule has 0 aliphatic rings. The number of anilines is 1. The molecule has 7 nitrogen and oxygen atoms in total. The summed E-state index contributed by atoms with van der Waals surface area (Å²) >= 11 is 8.65. The minimum atomic E-state index is -0.717. The minimum Gasteiger partial charge on any atom is -0.490 e. The van der Waals surface area contributed by atoms with E-state index in [1.165, 1.54) is 35.8 Å². The van der Waals surface area contributed by atoms with Gasteiger partial charge in [-0.05, 0) is 24.4 Å². The summed E-state index contributed by atoms with van der Waals surface area (Å²) in [6.07, 6.45) is 0. The predicted molar refractivity (Wildman–Crippen MR) is 92.5 cm³/mol. The zero-order valence-corrected chi connectivity index (χ0v) is 14.8. The number of nitrogens with zero attached hydrogens (tertiary/aromatic N) is 2. The van der Waals surface area contributed by atoms with Crippen molar-refractivity contribution in [3.05, 3.63) is 44.3 Å². The van der Waals surface area contributed by atoms with Gasteiger partial charge in [-0.15, -0.1) is 21.5 Å². The van der Waals surface area contributed by atoms with Gasteiger partial charge in [-0.2, -0.15) is 0 Å². The molecular formula is C14H10ClN3O4S2. The number of nitrogens with one attached hydrogen (secondary N) is 1. The Bertz CT molecular complexity index is 963. The van der Waals surface area contributed by atoms with Gasteiger partial charge in [0, 0.05) is 5.56 Å². The first-order valence-electron chi connectivity index (χ1n) is 6.56. The Kier molecular flexibility index (Phi) is 4.65. The van der Waals surface area contributed by atoms with Crippen molar-refractivity contribution in [3.63, 3.8) is 0 Å². The molecule has 0 aliphatic carbocycles. The maximum absolute atomic E-state index is 12.2. The highest BCUT2D eigenvalue weighted by molar-refractivity contribution is 7.23. The van der Waals surface area contributed by atoms with Gasteiger partial charge in [0.25, 0.3) is 5.91 Å². The monoisotopic (exact) mass is 383 g/mol. The van der Waals surface area contributed by atoms with Crippen molar-refractivity contribution >= 4 is 45.3 Å². The second-order valence-electron chi connectivity index (χ2n) is 4.58. The lowest BCUT2D eigenvalue weighted by Crippen LogP contribution is -2.16. The van der Waals surface area contributed by atoms with Crippen LogP contribution in [-0.4, -0.2) is 23.2 Å². The average Bonchev–Trinajstić information content (AvgIpc) is 3.15. The number of aryl methyl sites for hydroxylation is 1. The fourth-order valence-corrected chi connectivity index (χ4v) is 3.97. The molecule has 3 aromatic rings. The molecule has 3 heterocycles. The van der Waals surface area contributed by atoms with Gasteiger partial charge in [-0.3, -0.25) is 10.1 Å². The fourth-order valence-electron chi connectivity index (χ4n) is 1.93. The first kappa shape index (κ1) is 16.6. The Morgan fingerprint density at radius 3 is 2.83 bits per heavy atom. The lowest BCUT2D eigenvalue weighted by Gasteiger charge is -2.04. The topological polar surface area (TPSA) is 94.3 Å². The standard InChI is InChI=1S/C14H10ClN3O4S2/c1-6-5-8(22-13(20)9(6)21-2)11(19)16-14-18-17-12(24-14)10-7(15)3-4-23-10/h3-5H,1-2H3,(H,16,18,19). The normalized spacial score (nSPS) is 10.6. The Morgan fingerprint density at radius 2 is 2.21 bits per heavy atom. The van der Waals surface area contributed by atoms with Gasteiger partial charge in [0.05, 0.1) is 17.0 Å². The summed E-state index contributed by atoms with van der Waals surface area (Å²) in [5.74, 6) is -0.667. The maximum atomic E-state index is 12.2. The predicted octanol–water partition coefficient (Wildman–Crippen LogP) is 3.44. The fraction of sp³-hybridized carbons (Fsp3) is 0.143. The number of halogens is 1. The molecule has 1 amide bonds. The van der Waals surface area contributed by atoms with E-state index in [2.05, 4.69) is 15.5 Å². The number of methoxy groups -OCH3 is 1. The zero-order chi connectivity index (χ0) is 17.3. The van der Waals surface area contributed by atoms with Crippen molar-refractivity contribution in [2.75, 3.05) is 12.4 Å². The van der Waals surface area contributed by atoms with Gasteiger partial charge in [0.15, 0.2) is 10.8 Å². The molecule has 0 aromatic carbocycles. The van der Waals surface area contributed by atoms with Gasteiger partial charge < -0.3 is 9.15 Å². The number of amides is 1. The average molecular weight is 384 g/mol. The molecule has 0 aliphatic heterocycles. The van der Waals surface area contributed by atoms with Gasteiger partial charge in [-0.25, -0.2) is 4.79 Å². The maximum Gasteiger partial charge on any atom is 0.379 e. The van der Waals surface area contributed by atoms with Gasteiger partial charge in [0.1, 0.15) is 0 Å². The summed E-state index contributed by atoms with van der Waals surface area (Å²) < 4.78 is 9.87. The van der Waals surface area contributed by atoms with E-state index in [9.17, 15) is 9.59 Å². The summed E-state index contributed by atoms with van der Waals surface area (Å²) in [7, 11) is 1.36. The Hall–Kier alpha value is -2.23. The Labute approximate surface area is 148 Å². The molecule has 0 atom stereocenters. The second-order valence-corrected chi connectivity index (χ2v) is 6.88. The molecule has 10 heteroatoms. The van der Waals surface area contributed by atoms with E-state index in [-0.39, 0.29) is 16.6 Å². The number of hydrogen-bond donors (Lipinski definition) is 1. The quantitative estimate of drug-likeness (QED) is 0.741. The van der Waals surface area contributed by atoms with Crippen molar-refractivity contribution in [1.82, 2.24) is 10.2 Å². The largest absolute Gasteiger partial charge is 0.490 e. The van der Waals surface area contributed by atoms with Crippen LogP contribution in [0.2, 0.25) is 5.02 Å². The number of ether oxygens (including phenoxy) is 1. The molecule has 0 saturated carbocycles. The van der Waals surface area contributed by atoms with Crippen molar-refractivity contribution < 1.29 is 13.9 Å². The molecular weight excluding hydrogens is 374 g/mol. The summed E-state index contributed by atoms with van der Waals surface area (Å²) in [6.45, 7) is 1.65. The molecule has 0 radical (unpaired) electrons. The van der Waals surface area contributed by atoms with Crippen molar-refractivity contribution in [1.29, 1.82) is 0 Å².